The maximum atomic E-state index is 12.5. The number of hydrogen-bond acceptors (Lipinski definition) is 4. The molecule has 3 N–H and O–H groups in total. The molecule has 0 atom stereocenters. The number of phenolic OH excluding ortho intramolecular Hbond substituents is 1. The fourth-order valence-corrected chi connectivity index (χ4v) is 3.40. The maximum Gasteiger partial charge on any atom is 0.342 e. The second kappa shape index (κ2) is 8.68. The minimum Gasteiger partial charge on any atom is -0.507 e. The smallest absolute Gasteiger partial charge is 0.342 e. The second-order valence-corrected chi connectivity index (χ2v) is 7.98. The number of aromatic nitrogens is 2. The molecule has 3 rings (SSSR count). The normalized spacial score (nSPS) is 13.7. The van der Waals surface area contributed by atoms with Crippen LogP contribution in [-0.4, -0.2) is 32.9 Å². The summed E-state index contributed by atoms with van der Waals surface area (Å²) in [7, 11) is 0. The number of phenols is 1. The van der Waals surface area contributed by atoms with E-state index in [0.29, 0.717) is 22.9 Å². The van der Waals surface area contributed by atoms with Crippen LogP contribution in [-0.2, 0) is 4.79 Å². The molecular formula is C22H30N4O3. The number of carbonyl (C=O) groups is 2. The molecule has 0 spiro atoms. The van der Waals surface area contributed by atoms with Gasteiger partial charge in [0.2, 0.25) is 5.91 Å². The second-order valence-electron chi connectivity index (χ2n) is 7.98. The van der Waals surface area contributed by atoms with Crippen molar-refractivity contribution in [3.05, 3.63) is 30.0 Å². The van der Waals surface area contributed by atoms with Crippen LogP contribution in [0.4, 0.5) is 10.5 Å². The third-order valence-electron chi connectivity index (χ3n) is 5.23. The van der Waals surface area contributed by atoms with E-state index in [0.717, 1.165) is 31.4 Å². The van der Waals surface area contributed by atoms with Crippen LogP contribution in [0.2, 0.25) is 0 Å². The number of carbonyl (C=O) groups excluding carboxylic acids is 2. The standard InChI is InChI=1S/C22H30N4O3/c1-5-14(6-2)21(28)24-16-9-10-17(20(27)11-16)18-12-19(15-7-8-15)26(25-18)22(29)23-13(3)4/h9-15,27H,5-8H2,1-4H3,(H,23,29)(H,24,28). The zero-order valence-corrected chi connectivity index (χ0v) is 17.5. The Hall–Kier alpha value is -2.83. The summed E-state index contributed by atoms with van der Waals surface area (Å²) in [5.74, 6) is 0.249. The number of benzene rings is 1. The van der Waals surface area contributed by atoms with Crippen molar-refractivity contribution in [1.82, 2.24) is 15.1 Å². The van der Waals surface area contributed by atoms with Crippen LogP contribution < -0.4 is 10.6 Å². The first-order chi connectivity index (χ1) is 13.8. The van der Waals surface area contributed by atoms with Crippen molar-refractivity contribution in [1.29, 1.82) is 0 Å². The lowest BCUT2D eigenvalue weighted by Gasteiger charge is -2.13. The van der Waals surface area contributed by atoms with E-state index in [2.05, 4.69) is 15.7 Å². The summed E-state index contributed by atoms with van der Waals surface area (Å²) < 4.78 is 1.41. The van der Waals surface area contributed by atoms with E-state index >= 15 is 0 Å². The lowest BCUT2D eigenvalue weighted by molar-refractivity contribution is -0.120. The molecule has 2 amide bonds. The van der Waals surface area contributed by atoms with Crippen molar-refractivity contribution < 1.29 is 14.7 Å². The van der Waals surface area contributed by atoms with Crippen LogP contribution in [0, 0.1) is 5.92 Å². The number of hydrogen-bond donors (Lipinski definition) is 3. The molecule has 156 valence electrons. The Balaban J connectivity index is 1.85. The van der Waals surface area contributed by atoms with Crippen LogP contribution in [0.15, 0.2) is 24.3 Å². The number of aromatic hydroxyl groups is 1. The summed E-state index contributed by atoms with van der Waals surface area (Å²) in [5, 5.41) is 20.7. The molecule has 0 aliphatic heterocycles. The quantitative estimate of drug-likeness (QED) is 0.641. The summed E-state index contributed by atoms with van der Waals surface area (Å²) >= 11 is 0. The predicted octanol–water partition coefficient (Wildman–Crippen LogP) is 4.47. The summed E-state index contributed by atoms with van der Waals surface area (Å²) in [5.41, 5.74) is 2.48. The van der Waals surface area contributed by atoms with Crippen LogP contribution in [0.25, 0.3) is 11.3 Å². The highest BCUT2D eigenvalue weighted by molar-refractivity contribution is 5.93. The molecule has 7 heteroatoms. The lowest BCUT2D eigenvalue weighted by Crippen LogP contribution is -2.35. The molecule has 0 unspecified atom stereocenters. The first kappa shape index (κ1) is 20.9. The molecule has 2 aromatic rings. The number of nitrogens with one attached hydrogen (secondary N) is 2. The number of rotatable bonds is 7. The Kier molecular flexibility index (Phi) is 6.25. The van der Waals surface area contributed by atoms with E-state index in [-0.39, 0.29) is 29.6 Å². The summed E-state index contributed by atoms with van der Waals surface area (Å²) in [6, 6.07) is 6.62. The van der Waals surface area contributed by atoms with Gasteiger partial charge < -0.3 is 15.7 Å². The Morgan fingerprint density at radius 3 is 2.45 bits per heavy atom. The van der Waals surface area contributed by atoms with Gasteiger partial charge in [0.25, 0.3) is 0 Å². The van der Waals surface area contributed by atoms with Crippen LogP contribution in [0.3, 0.4) is 0 Å². The molecule has 29 heavy (non-hydrogen) atoms. The van der Waals surface area contributed by atoms with E-state index < -0.39 is 0 Å². The first-order valence-electron chi connectivity index (χ1n) is 10.4. The molecule has 0 saturated heterocycles. The fourth-order valence-electron chi connectivity index (χ4n) is 3.40. The molecule has 0 radical (unpaired) electrons. The minimum atomic E-state index is -0.262. The topological polar surface area (TPSA) is 96.3 Å². The van der Waals surface area contributed by atoms with E-state index in [9.17, 15) is 14.7 Å². The first-order valence-corrected chi connectivity index (χ1v) is 10.4. The zero-order chi connectivity index (χ0) is 21.1. The molecule has 1 saturated carbocycles. The average molecular weight is 399 g/mol. The van der Waals surface area contributed by atoms with Gasteiger partial charge in [-0.05, 0) is 57.7 Å². The SMILES string of the molecule is CCC(CC)C(=O)Nc1ccc(-c2cc(C3CC3)n(C(=O)NC(C)C)n2)c(O)c1. The summed E-state index contributed by atoms with van der Waals surface area (Å²) in [4.78, 5) is 24.8. The highest BCUT2D eigenvalue weighted by Crippen LogP contribution is 2.42. The molecule has 1 fully saturated rings. The van der Waals surface area contributed by atoms with Crippen molar-refractivity contribution >= 4 is 17.6 Å². The highest BCUT2D eigenvalue weighted by Gasteiger charge is 2.31. The van der Waals surface area contributed by atoms with E-state index in [1.54, 1.807) is 12.1 Å². The molecule has 7 nitrogen and oxygen atoms in total. The Morgan fingerprint density at radius 2 is 1.90 bits per heavy atom. The minimum absolute atomic E-state index is 0.00793. The highest BCUT2D eigenvalue weighted by atomic mass is 16.3. The van der Waals surface area contributed by atoms with Gasteiger partial charge in [-0.1, -0.05) is 13.8 Å². The van der Waals surface area contributed by atoms with Gasteiger partial charge in [0.1, 0.15) is 5.75 Å². The van der Waals surface area contributed by atoms with Gasteiger partial charge in [0, 0.05) is 35.2 Å². The van der Waals surface area contributed by atoms with Crippen molar-refractivity contribution in [2.45, 2.75) is 65.3 Å². The van der Waals surface area contributed by atoms with E-state index in [4.69, 9.17) is 0 Å². The molecule has 1 aromatic carbocycles. The predicted molar refractivity (Wildman–Crippen MR) is 113 cm³/mol. The zero-order valence-electron chi connectivity index (χ0n) is 17.5. The van der Waals surface area contributed by atoms with Crippen molar-refractivity contribution in [3.63, 3.8) is 0 Å². The van der Waals surface area contributed by atoms with Crippen molar-refractivity contribution in [2.75, 3.05) is 5.32 Å². The van der Waals surface area contributed by atoms with Crippen LogP contribution in [0.5, 0.6) is 5.75 Å². The summed E-state index contributed by atoms with van der Waals surface area (Å²) in [6.07, 6.45) is 3.61. The molecule has 1 aliphatic carbocycles. The molecule has 1 aromatic heterocycles. The van der Waals surface area contributed by atoms with Gasteiger partial charge in [-0.3, -0.25) is 4.79 Å². The molecular weight excluding hydrogens is 368 g/mol. The Morgan fingerprint density at radius 1 is 1.21 bits per heavy atom. The largest absolute Gasteiger partial charge is 0.507 e. The molecule has 1 aliphatic rings. The van der Waals surface area contributed by atoms with Gasteiger partial charge in [0.05, 0.1) is 11.4 Å². The number of nitrogens with zero attached hydrogens (tertiary/aromatic N) is 2. The Bertz CT molecular complexity index is 895. The number of anilines is 1. The van der Waals surface area contributed by atoms with Gasteiger partial charge in [-0.25, -0.2) is 4.79 Å². The van der Waals surface area contributed by atoms with Crippen molar-refractivity contribution in [2.24, 2.45) is 5.92 Å². The van der Waals surface area contributed by atoms with E-state index in [1.807, 2.05) is 33.8 Å². The fraction of sp³-hybridized carbons (Fsp3) is 0.500. The summed E-state index contributed by atoms with van der Waals surface area (Å²) in [6.45, 7) is 7.77. The molecule has 1 heterocycles. The van der Waals surface area contributed by atoms with Gasteiger partial charge >= 0.3 is 6.03 Å². The Labute approximate surface area is 171 Å². The van der Waals surface area contributed by atoms with Gasteiger partial charge in [-0.15, -0.1) is 0 Å². The average Bonchev–Trinajstić information content (AvgIpc) is 3.41. The van der Waals surface area contributed by atoms with E-state index in [1.165, 1.54) is 10.7 Å². The number of amides is 2. The van der Waals surface area contributed by atoms with Crippen molar-refractivity contribution in [3.8, 4) is 17.0 Å². The third-order valence-corrected chi connectivity index (χ3v) is 5.23. The molecule has 0 bridgehead atoms. The van der Waals surface area contributed by atoms with Crippen LogP contribution >= 0.6 is 0 Å². The van der Waals surface area contributed by atoms with Crippen LogP contribution in [0.1, 0.15) is 65.0 Å². The van der Waals surface area contributed by atoms with Gasteiger partial charge in [0.15, 0.2) is 0 Å². The van der Waals surface area contributed by atoms with Gasteiger partial charge in [-0.2, -0.15) is 9.78 Å². The maximum absolute atomic E-state index is 12.5. The lowest BCUT2D eigenvalue weighted by atomic mass is 10.0. The monoisotopic (exact) mass is 398 g/mol. The third kappa shape index (κ3) is 4.78.